The maximum Gasteiger partial charge on any atom is 0.236 e. The number of carbonyl (C=O) groups is 1. The Morgan fingerprint density at radius 1 is 1.37 bits per heavy atom. The van der Waals surface area contributed by atoms with Crippen LogP contribution in [0.3, 0.4) is 0 Å². The van der Waals surface area contributed by atoms with Crippen LogP contribution in [-0.4, -0.2) is 18.8 Å². The van der Waals surface area contributed by atoms with Crippen LogP contribution in [0.1, 0.15) is 45.1 Å². The summed E-state index contributed by atoms with van der Waals surface area (Å²) in [6.07, 6.45) is 2.28. The summed E-state index contributed by atoms with van der Waals surface area (Å²) in [6, 6.07) is 9.35. The molecular weight excluding hydrogens is 364 g/mol. The van der Waals surface area contributed by atoms with E-state index in [0.29, 0.717) is 41.4 Å². The van der Waals surface area contributed by atoms with Gasteiger partial charge in [0.25, 0.3) is 0 Å². The van der Waals surface area contributed by atoms with Gasteiger partial charge < -0.3 is 9.47 Å². The van der Waals surface area contributed by atoms with E-state index in [9.17, 15) is 10.1 Å². The fourth-order valence-electron chi connectivity index (χ4n) is 3.49. The molecule has 2 aliphatic rings. The molecule has 27 heavy (non-hydrogen) atoms. The Labute approximate surface area is 163 Å². The molecule has 0 saturated carbocycles. The maximum absolute atomic E-state index is 13.0. The van der Waals surface area contributed by atoms with Gasteiger partial charge in [0.05, 0.1) is 12.5 Å². The number of allylic oxidation sites excluding steroid dienone is 3. The number of benzene rings is 1. The molecule has 1 atom stereocenters. The SMILES string of the molecule is CCO/C=N/C1=C(C#N)C(c2ccc(Cl)cc2)C2=C(CC(C)(C)CC2=O)O1. The molecule has 0 N–H and O–H groups in total. The number of nitriles is 1. The molecule has 1 aromatic carbocycles. The Morgan fingerprint density at radius 3 is 2.70 bits per heavy atom. The summed E-state index contributed by atoms with van der Waals surface area (Å²) in [6.45, 7) is 6.36. The van der Waals surface area contributed by atoms with Crippen LogP contribution < -0.4 is 0 Å². The minimum Gasteiger partial charge on any atom is -0.483 e. The van der Waals surface area contributed by atoms with Gasteiger partial charge in [0.15, 0.2) is 12.2 Å². The predicted octanol–water partition coefficient (Wildman–Crippen LogP) is 4.90. The number of hydrogen-bond donors (Lipinski definition) is 0. The highest BCUT2D eigenvalue weighted by Crippen LogP contribution is 2.48. The lowest BCUT2D eigenvalue weighted by atomic mass is 9.70. The summed E-state index contributed by atoms with van der Waals surface area (Å²) < 4.78 is 11.1. The summed E-state index contributed by atoms with van der Waals surface area (Å²) >= 11 is 6.02. The highest BCUT2D eigenvalue weighted by atomic mass is 35.5. The first kappa shape index (κ1) is 19.2. The van der Waals surface area contributed by atoms with E-state index in [-0.39, 0.29) is 17.1 Å². The highest BCUT2D eigenvalue weighted by Gasteiger charge is 2.43. The Morgan fingerprint density at radius 2 is 2.07 bits per heavy atom. The van der Waals surface area contributed by atoms with Gasteiger partial charge in [-0.3, -0.25) is 4.79 Å². The molecule has 0 radical (unpaired) electrons. The van der Waals surface area contributed by atoms with E-state index in [2.05, 4.69) is 11.1 Å². The van der Waals surface area contributed by atoms with Crippen molar-refractivity contribution in [1.82, 2.24) is 0 Å². The molecule has 140 valence electrons. The Kier molecular flexibility index (Phi) is 5.38. The summed E-state index contributed by atoms with van der Waals surface area (Å²) in [7, 11) is 0. The summed E-state index contributed by atoms with van der Waals surface area (Å²) in [5.74, 6) is 0.240. The molecule has 0 bridgehead atoms. The van der Waals surface area contributed by atoms with Crippen LogP contribution in [0.5, 0.6) is 0 Å². The van der Waals surface area contributed by atoms with Crippen molar-refractivity contribution in [3.05, 3.63) is 57.6 Å². The van der Waals surface area contributed by atoms with E-state index in [1.807, 2.05) is 32.9 Å². The zero-order chi connectivity index (χ0) is 19.6. The van der Waals surface area contributed by atoms with Gasteiger partial charge in [0.1, 0.15) is 17.4 Å². The third-order valence-electron chi connectivity index (χ3n) is 4.64. The van der Waals surface area contributed by atoms with Crippen molar-refractivity contribution in [3.8, 4) is 6.07 Å². The summed E-state index contributed by atoms with van der Waals surface area (Å²) in [5, 5.41) is 10.4. The first-order valence-electron chi connectivity index (χ1n) is 8.84. The number of aliphatic imine (C=N–C) groups is 1. The molecule has 0 saturated heterocycles. The van der Waals surface area contributed by atoms with Gasteiger partial charge >= 0.3 is 0 Å². The standard InChI is InChI=1S/C21H21ClN2O3/c1-4-26-12-24-20-15(11-23)18(13-5-7-14(22)8-6-13)19-16(25)9-21(2,3)10-17(19)27-20/h5-8,12,18H,4,9-10H2,1-3H3/b24-12+. The lowest BCUT2D eigenvalue weighted by molar-refractivity contribution is -0.119. The minimum atomic E-state index is -0.520. The molecule has 1 aliphatic carbocycles. The zero-order valence-electron chi connectivity index (χ0n) is 15.6. The van der Waals surface area contributed by atoms with Crippen molar-refractivity contribution in [2.24, 2.45) is 10.4 Å². The van der Waals surface area contributed by atoms with Crippen LogP contribution in [0.15, 0.2) is 52.0 Å². The largest absolute Gasteiger partial charge is 0.483 e. The van der Waals surface area contributed by atoms with E-state index in [0.717, 1.165) is 5.56 Å². The van der Waals surface area contributed by atoms with Crippen LogP contribution in [0.4, 0.5) is 0 Å². The van der Waals surface area contributed by atoms with Gasteiger partial charge in [-0.1, -0.05) is 37.6 Å². The monoisotopic (exact) mass is 384 g/mol. The number of carbonyl (C=O) groups excluding carboxylic acids is 1. The topological polar surface area (TPSA) is 71.7 Å². The van der Waals surface area contributed by atoms with Crippen molar-refractivity contribution in [1.29, 1.82) is 5.26 Å². The van der Waals surface area contributed by atoms with E-state index < -0.39 is 5.92 Å². The normalized spacial score (nSPS) is 21.7. The second-order valence-corrected chi connectivity index (χ2v) is 7.82. The molecule has 0 aromatic heterocycles. The molecule has 6 heteroatoms. The number of ketones is 1. The number of hydrogen-bond acceptors (Lipinski definition) is 5. The number of Topliss-reactive ketones (excluding diaryl/α,β-unsaturated/α-hetero) is 1. The molecule has 5 nitrogen and oxygen atoms in total. The van der Waals surface area contributed by atoms with Crippen LogP contribution in [-0.2, 0) is 14.3 Å². The van der Waals surface area contributed by atoms with Crippen molar-refractivity contribution in [2.75, 3.05) is 6.61 Å². The average Bonchev–Trinajstić information content (AvgIpc) is 2.60. The maximum atomic E-state index is 13.0. The molecule has 0 amide bonds. The van der Waals surface area contributed by atoms with Gasteiger partial charge in [0, 0.05) is 23.4 Å². The van der Waals surface area contributed by atoms with E-state index in [1.165, 1.54) is 6.40 Å². The zero-order valence-corrected chi connectivity index (χ0v) is 16.3. The number of ether oxygens (including phenoxy) is 2. The highest BCUT2D eigenvalue weighted by molar-refractivity contribution is 6.30. The predicted molar refractivity (Wildman–Crippen MR) is 103 cm³/mol. The Bertz CT molecular complexity index is 889. The number of halogens is 1. The number of rotatable bonds is 4. The van der Waals surface area contributed by atoms with Gasteiger partial charge in [0.2, 0.25) is 5.88 Å². The fourth-order valence-corrected chi connectivity index (χ4v) is 3.61. The smallest absolute Gasteiger partial charge is 0.236 e. The number of nitrogens with zero attached hydrogens (tertiary/aromatic N) is 2. The van der Waals surface area contributed by atoms with Crippen LogP contribution in [0.2, 0.25) is 5.02 Å². The third-order valence-corrected chi connectivity index (χ3v) is 4.89. The fraction of sp³-hybridized carbons (Fsp3) is 0.381. The molecular formula is C21H21ClN2O3. The van der Waals surface area contributed by atoms with E-state index in [1.54, 1.807) is 12.1 Å². The third kappa shape index (κ3) is 3.91. The van der Waals surface area contributed by atoms with Crippen LogP contribution >= 0.6 is 11.6 Å². The van der Waals surface area contributed by atoms with Crippen molar-refractivity contribution >= 4 is 23.8 Å². The Hall–Kier alpha value is -2.58. The van der Waals surface area contributed by atoms with Crippen LogP contribution in [0, 0.1) is 16.7 Å². The summed E-state index contributed by atoms with van der Waals surface area (Å²) in [5.41, 5.74) is 1.44. The molecule has 3 rings (SSSR count). The lowest BCUT2D eigenvalue weighted by Gasteiger charge is -2.37. The van der Waals surface area contributed by atoms with Gasteiger partial charge in [-0.05, 0) is 30.0 Å². The second kappa shape index (κ2) is 7.58. The quantitative estimate of drug-likeness (QED) is 0.547. The second-order valence-electron chi connectivity index (χ2n) is 7.38. The first-order chi connectivity index (χ1) is 12.9. The van der Waals surface area contributed by atoms with Gasteiger partial charge in [-0.25, -0.2) is 0 Å². The molecule has 1 aromatic rings. The summed E-state index contributed by atoms with van der Waals surface area (Å²) in [4.78, 5) is 17.2. The molecule has 1 heterocycles. The Balaban J connectivity index is 2.16. The van der Waals surface area contributed by atoms with Crippen molar-refractivity contribution in [2.45, 2.75) is 39.5 Å². The van der Waals surface area contributed by atoms with Crippen molar-refractivity contribution in [3.63, 3.8) is 0 Å². The van der Waals surface area contributed by atoms with E-state index >= 15 is 0 Å². The van der Waals surface area contributed by atoms with Crippen molar-refractivity contribution < 1.29 is 14.3 Å². The van der Waals surface area contributed by atoms with Gasteiger partial charge in [-0.15, -0.1) is 0 Å². The van der Waals surface area contributed by atoms with Gasteiger partial charge in [-0.2, -0.15) is 10.3 Å². The molecule has 0 fully saturated rings. The molecule has 0 spiro atoms. The molecule has 1 unspecified atom stereocenters. The lowest BCUT2D eigenvalue weighted by Crippen LogP contribution is -2.32. The average molecular weight is 385 g/mol. The first-order valence-corrected chi connectivity index (χ1v) is 9.22. The van der Waals surface area contributed by atoms with E-state index in [4.69, 9.17) is 21.1 Å². The minimum absolute atomic E-state index is 0.00166. The van der Waals surface area contributed by atoms with Crippen LogP contribution in [0.25, 0.3) is 0 Å². The molecule has 1 aliphatic heterocycles.